The van der Waals surface area contributed by atoms with Crippen molar-refractivity contribution >= 4 is 11.8 Å². The van der Waals surface area contributed by atoms with Gasteiger partial charge in [0.1, 0.15) is 5.78 Å². The number of aliphatic hydroxyl groups is 2. The molecule has 1 aliphatic rings. The third-order valence-electron chi connectivity index (χ3n) is 4.36. The second-order valence-electron chi connectivity index (χ2n) is 7.22. The topological polar surface area (TPSA) is 83.8 Å². The Kier molecular flexibility index (Phi) is 13.4. The van der Waals surface area contributed by atoms with E-state index in [2.05, 4.69) is 0 Å². The summed E-state index contributed by atoms with van der Waals surface area (Å²) in [6, 6.07) is 0. The maximum absolute atomic E-state index is 11.9. The number of cyclic esters (lactones) is 1. The Hall–Kier alpha value is -2.24. The molecule has 0 bridgehead atoms. The van der Waals surface area contributed by atoms with Crippen LogP contribution in [0.15, 0.2) is 60.8 Å². The van der Waals surface area contributed by atoms with Gasteiger partial charge in [0.2, 0.25) is 0 Å². The minimum absolute atomic E-state index is 0.0522. The predicted octanol–water partition coefficient (Wildman–Crippen LogP) is 4.12. The first-order chi connectivity index (χ1) is 14.0. The van der Waals surface area contributed by atoms with Crippen molar-refractivity contribution in [2.24, 2.45) is 0 Å². The van der Waals surface area contributed by atoms with E-state index in [1.54, 1.807) is 42.5 Å². The van der Waals surface area contributed by atoms with Gasteiger partial charge in [0.25, 0.3) is 0 Å². The second kappa shape index (κ2) is 15.7. The summed E-state index contributed by atoms with van der Waals surface area (Å²) in [5.41, 5.74) is 0. The van der Waals surface area contributed by atoms with Crippen molar-refractivity contribution in [3.05, 3.63) is 60.8 Å². The molecule has 2 N–H and O–H groups in total. The van der Waals surface area contributed by atoms with Crippen molar-refractivity contribution in [3.63, 3.8) is 0 Å². The molecule has 0 aromatic heterocycles. The molecule has 0 spiro atoms. The monoisotopic (exact) mass is 402 g/mol. The first kappa shape index (κ1) is 24.8. The van der Waals surface area contributed by atoms with E-state index in [1.165, 1.54) is 6.08 Å². The molecule has 1 aliphatic heterocycles. The van der Waals surface area contributed by atoms with E-state index in [9.17, 15) is 19.8 Å². The summed E-state index contributed by atoms with van der Waals surface area (Å²) in [5.74, 6) is -0.324. The summed E-state index contributed by atoms with van der Waals surface area (Å²) < 4.78 is 5.31. The van der Waals surface area contributed by atoms with Gasteiger partial charge in [-0.25, -0.2) is 4.79 Å². The van der Waals surface area contributed by atoms with Gasteiger partial charge in [-0.1, -0.05) is 54.7 Å². The highest BCUT2D eigenvalue weighted by molar-refractivity contribution is 5.82. The Morgan fingerprint density at radius 1 is 0.931 bits per heavy atom. The number of ether oxygens (including phenoxy) is 1. The molecule has 0 unspecified atom stereocenters. The van der Waals surface area contributed by atoms with Crippen LogP contribution in [0.2, 0.25) is 0 Å². The summed E-state index contributed by atoms with van der Waals surface area (Å²) in [6.45, 7) is 1.87. The molecule has 0 saturated heterocycles. The molecule has 0 amide bonds. The lowest BCUT2D eigenvalue weighted by Gasteiger charge is -2.10. The normalized spacial score (nSPS) is 32.3. The molecule has 1 heterocycles. The largest absolute Gasteiger partial charge is 0.460 e. The van der Waals surface area contributed by atoms with Crippen molar-refractivity contribution < 1.29 is 24.5 Å². The highest BCUT2D eigenvalue weighted by Gasteiger charge is 2.09. The minimum Gasteiger partial charge on any atom is -0.460 e. The van der Waals surface area contributed by atoms with Crippen LogP contribution in [0.3, 0.4) is 0 Å². The molecular weight excluding hydrogens is 368 g/mol. The van der Waals surface area contributed by atoms with Crippen LogP contribution in [0.25, 0.3) is 0 Å². The Morgan fingerprint density at radius 2 is 1.66 bits per heavy atom. The molecule has 0 fully saturated rings. The number of carbonyl (C=O) groups is 2. The van der Waals surface area contributed by atoms with Gasteiger partial charge in [-0.05, 0) is 45.4 Å². The predicted molar refractivity (Wildman–Crippen MR) is 115 cm³/mol. The second-order valence-corrected chi connectivity index (χ2v) is 7.22. The number of Topliss-reactive ketones (excluding diaryl/α,β-unsaturated/α-hetero) is 1. The lowest BCUT2D eigenvalue weighted by molar-refractivity contribution is -0.142. The maximum Gasteiger partial charge on any atom is 0.331 e. The molecular formula is C24H34O5. The number of allylic oxidation sites excluding steroid dienone is 6. The molecule has 5 heteroatoms. The molecule has 0 radical (unpaired) electrons. The molecule has 0 saturated carbocycles. The van der Waals surface area contributed by atoms with Crippen LogP contribution in [0, 0.1) is 0 Å². The van der Waals surface area contributed by atoms with Gasteiger partial charge in [-0.3, -0.25) is 4.79 Å². The van der Waals surface area contributed by atoms with Gasteiger partial charge < -0.3 is 14.9 Å². The zero-order valence-corrected chi connectivity index (χ0v) is 17.3. The van der Waals surface area contributed by atoms with Crippen molar-refractivity contribution in [2.45, 2.75) is 76.6 Å². The maximum atomic E-state index is 11.9. The van der Waals surface area contributed by atoms with E-state index < -0.39 is 12.2 Å². The van der Waals surface area contributed by atoms with Gasteiger partial charge in [-0.15, -0.1) is 0 Å². The Morgan fingerprint density at radius 3 is 2.48 bits per heavy atom. The van der Waals surface area contributed by atoms with Gasteiger partial charge >= 0.3 is 5.97 Å². The zero-order chi connectivity index (χ0) is 21.3. The van der Waals surface area contributed by atoms with E-state index in [4.69, 9.17) is 4.74 Å². The molecule has 3 atom stereocenters. The zero-order valence-electron chi connectivity index (χ0n) is 17.3. The third kappa shape index (κ3) is 14.4. The number of ketones is 1. The number of aliphatic hydroxyl groups excluding tert-OH is 2. The first-order valence-corrected chi connectivity index (χ1v) is 10.4. The molecule has 29 heavy (non-hydrogen) atoms. The number of esters is 1. The summed E-state index contributed by atoms with van der Waals surface area (Å²) >= 11 is 0. The Labute approximate surface area is 174 Å². The molecule has 0 aliphatic carbocycles. The van der Waals surface area contributed by atoms with E-state index in [1.807, 2.05) is 19.1 Å². The lowest BCUT2D eigenvalue weighted by Crippen LogP contribution is -2.12. The van der Waals surface area contributed by atoms with E-state index in [0.717, 1.165) is 19.3 Å². The third-order valence-corrected chi connectivity index (χ3v) is 4.36. The van der Waals surface area contributed by atoms with Crippen molar-refractivity contribution in [1.29, 1.82) is 0 Å². The van der Waals surface area contributed by atoms with E-state index in [0.29, 0.717) is 25.7 Å². The molecule has 0 aromatic carbocycles. The van der Waals surface area contributed by atoms with Gasteiger partial charge in [0.05, 0.1) is 18.3 Å². The minimum atomic E-state index is -0.675. The fraction of sp³-hybridized carbons (Fsp3) is 0.500. The van der Waals surface area contributed by atoms with Crippen LogP contribution in [0.1, 0.15) is 58.3 Å². The number of hydrogen-bond acceptors (Lipinski definition) is 5. The molecule has 160 valence electrons. The Balaban J connectivity index is 2.61. The van der Waals surface area contributed by atoms with Crippen LogP contribution in [-0.2, 0) is 14.3 Å². The van der Waals surface area contributed by atoms with Crippen LogP contribution >= 0.6 is 0 Å². The number of hydrogen-bond donors (Lipinski definition) is 2. The van der Waals surface area contributed by atoms with Crippen molar-refractivity contribution in [3.8, 4) is 0 Å². The lowest BCUT2D eigenvalue weighted by atomic mass is 10.1. The summed E-state index contributed by atoms with van der Waals surface area (Å²) in [6.07, 6.45) is 20.5. The number of carbonyl (C=O) groups excluding carboxylic acids is 2. The van der Waals surface area contributed by atoms with E-state index in [-0.39, 0.29) is 24.3 Å². The quantitative estimate of drug-likeness (QED) is 0.470. The van der Waals surface area contributed by atoms with Crippen molar-refractivity contribution in [2.75, 3.05) is 0 Å². The molecule has 5 nitrogen and oxygen atoms in total. The fourth-order valence-electron chi connectivity index (χ4n) is 2.76. The van der Waals surface area contributed by atoms with Crippen LogP contribution in [0.5, 0.6) is 0 Å². The molecule has 1 rings (SSSR count). The highest BCUT2D eigenvalue weighted by Crippen LogP contribution is 2.08. The van der Waals surface area contributed by atoms with Crippen LogP contribution in [0.4, 0.5) is 0 Å². The van der Waals surface area contributed by atoms with E-state index >= 15 is 0 Å². The van der Waals surface area contributed by atoms with Gasteiger partial charge in [0.15, 0.2) is 0 Å². The average molecular weight is 403 g/mol. The summed E-state index contributed by atoms with van der Waals surface area (Å²) in [7, 11) is 0. The Bertz CT molecular complexity index is 627. The summed E-state index contributed by atoms with van der Waals surface area (Å²) in [4.78, 5) is 23.6. The average Bonchev–Trinajstić information content (AvgIpc) is 2.65. The smallest absolute Gasteiger partial charge is 0.331 e. The highest BCUT2D eigenvalue weighted by atomic mass is 16.5. The fourth-order valence-corrected chi connectivity index (χ4v) is 2.76. The van der Waals surface area contributed by atoms with Crippen LogP contribution < -0.4 is 0 Å². The summed E-state index contributed by atoms with van der Waals surface area (Å²) in [5, 5.41) is 19.8. The van der Waals surface area contributed by atoms with Crippen LogP contribution in [-0.4, -0.2) is 40.3 Å². The number of rotatable bonds is 0. The first-order valence-electron chi connectivity index (χ1n) is 10.4. The van der Waals surface area contributed by atoms with Gasteiger partial charge in [0, 0.05) is 18.9 Å². The molecule has 0 aromatic rings. The SMILES string of the molecule is C[C@@H]1CCC/C=C/CCC(=O)C[C@H](O)C/C=C\C=C\[C@H](O)C/C=C/C=C\C(=O)O1. The van der Waals surface area contributed by atoms with Crippen molar-refractivity contribution in [1.82, 2.24) is 0 Å². The van der Waals surface area contributed by atoms with Gasteiger partial charge in [-0.2, -0.15) is 0 Å². The standard InChI is InChI=1S/C24H34O5/c1-20-13-7-3-2-4-8-16-22(26)19-23(27)17-11-5-9-14-21(25)15-10-6-12-18-24(28)29-20/h2,4-6,9-12,14,18,20-21,23,25,27H,3,7-8,13,15-17,19H2,1H3/b4-2+,10-6+,11-5-,14-9+,18-12-/t20-,21+,23-/m1/s1.